The standard InChI is InChI=1S/C17H26FN/c1-4-16(14-7-5-6-8-15(14)18)19-17-10-9-12(2)11-13(17)3/h5-8,12-13,16-17,19H,4,9-11H2,1-3H3. The van der Waals surface area contributed by atoms with E-state index in [0.29, 0.717) is 12.0 Å². The fraction of sp³-hybridized carbons (Fsp3) is 0.647. The Labute approximate surface area is 116 Å². The highest BCUT2D eigenvalue weighted by Crippen LogP contribution is 2.31. The summed E-state index contributed by atoms with van der Waals surface area (Å²) in [7, 11) is 0. The van der Waals surface area contributed by atoms with Crippen molar-refractivity contribution in [3.63, 3.8) is 0 Å². The molecule has 0 bridgehead atoms. The Bertz CT molecular complexity index is 404. The highest BCUT2D eigenvalue weighted by Gasteiger charge is 2.27. The van der Waals surface area contributed by atoms with Crippen molar-refractivity contribution in [3.8, 4) is 0 Å². The number of rotatable bonds is 4. The molecule has 0 heterocycles. The minimum atomic E-state index is -0.0846. The molecule has 1 saturated carbocycles. The molecule has 106 valence electrons. The Hall–Kier alpha value is -0.890. The molecule has 19 heavy (non-hydrogen) atoms. The van der Waals surface area contributed by atoms with Crippen molar-refractivity contribution in [1.82, 2.24) is 5.32 Å². The molecule has 0 spiro atoms. The van der Waals surface area contributed by atoms with Crippen molar-refractivity contribution in [3.05, 3.63) is 35.6 Å². The molecule has 0 amide bonds. The van der Waals surface area contributed by atoms with Gasteiger partial charge in [-0.15, -0.1) is 0 Å². The van der Waals surface area contributed by atoms with E-state index in [1.165, 1.54) is 19.3 Å². The van der Waals surface area contributed by atoms with Crippen LogP contribution in [-0.2, 0) is 0 Å². The largest absolute Gasteiger partial charge is 0.307 e. The van der Waals surface area contributed by atoms with Gasteiger partial charge in [-0.3, -0.25) is 0 Å². The summed E-state index contributed by atoms with van der Waals surface area (Å²) in [5, 5.41) is 3.69. The molecule has 0 aromatic heterocycles. The molecule has 2 rings (SSSR count). The van der Waals surface area contributed by atoms with Crippen LogP contribution in [0.2, 0.25) is 0 Å². The van der Waals surface area contributed by atoms with Crippen molar-refractivity contribution < 1.29 is 4.39 Å². The van der Waals surface area contributed by atoms with E-state index in [-0.39, 0.29) is 11.9 Å². The lowest BCUT2D eigenvalue weighted by Gasteiger charge is -2.36. The van der Waals surface area contributed by atoms with Gasteiger partial charge in [0, 0.05) is 17.6 Å². The molecule has 0 aliphatic heterocycles. The van der Waals surface area contributed by atoms with Gasteiger partial charge in [0.25, 0.3) is 0 Å². The maximum absolute atomic E-state index is 13.9. The maximum atomic E-state index is 13.9. The second-order valence-corrected chi connectivity index (χ2v) is 6.15. The van der Waals surface area contributed by atoms with E-state index in [1.54, 1.807) is 12.1 Å². The monoisotopic (exact) mass is 263 g/mol. The van der Waals surface area contributed by atoms with Gasteiger partial charge in [-0.2, -0.15) is 0 Å². The van der Waals surface area contributed by atoms with Crippen molar-refractivity contribution in [1.29, 1.82) is 0 Å². The van der Waals surface area contributed by atoms with Crippen LogP contribution >= 0.6 is 0 Å². The molecule has 1 N–H and O–H groups in total. The van der Waals surface area contributed by atoms with E-state index < -0.39 is 0 Å². The summed E-state index contributed by atoms with van der Waals surface area (Å²) in [4.78, 5) is 0. The Morgan fingerprint density at radius 3 is 2.63 bits per heavy atom. The smallest absolute Gasteiger partial charge is 0.127 e. The normalized spacial score (nSPS) is 29.2. The van der Waals surface area contributed by atoms with Gasteiger partial charge < -0.3 is 5.32 Å². The lowest BCUT2D eigenvalue weighted by molar-refractivity contribution is 0.211. The zero-order chi connectivity index (χ0) is 13.8. The lowest BCUT2D eigenvalue weighted by atomic mass is 9.79. The molecule has 1 aliphatic rings. The number of nitrogens with one attached hydrogen (secondary N) is 1. The van der Waals surface area contributed by atoms with Gasteiger partial charge in [0.1, 0.15) is 5.82 Å². The third kappa shape index (κ3) is 3.56. The molecular formula is C17H26FN. The minimum absolute atomic E-state index is 0.0846. The first kappa shape index (κ1) is 14.5. The molecule has 1 aromatic carbocycles. The number of hydrogen-bond acceptors (Lipinski definition) is 1. The second-order valence-electron chi connectivity index (χ2n) is 6.15. The fourth-order valence-electron chi connectivity index (χ4n) is 3.36. The summed E-state index contributed by atoms with van der Waals surface area (Å²) in [6.07, 6.45) is 4.72. The van der Waals surface area contributed by atoms with Crippen LogP contribution in [0.3, 0.4) is 0 Å². The van der Waals surface area contributed by atoms with E-state index in [0.717, 1.165) is 17.9 Å². The zero-order valence-electron chi connectivity index (χ0n) is 12.3. The quantitative estimate of drug-likeness (QED) is 0.831. The molecule has 1 aromatic rings. The van der Waals surface area contributed by atoms with Crippen LogP contribution in [0, 0.1) is 17.7 Å². The molecule has 4 unspecified atom stereocenters. The predicted molar refractivity (Wildman–Crippen MR) is 78.5 cm³/mol. The van der Waals surface area contributed by atoms with Crippen LogP contribution in [0.4, 0.5) is 4.39 Å². The fourth-order valence-corrected chi connectivity index (χ4v) is 3.36. The minimum Gasteiger partial charge on any atom is -0.307 e. The number of halogens is 1. The predicted octanol–water partition coefficient (Wildman–Crippen LogP) is 4.69. The van der Waals surface area contributed by atoms with Crippen molar-refractivity contribution in [2.24, 2.45) is 11.8 Å². The highest BCUT2D eigenvalue weighted by atomic mass is 19.1. The SMILES string of the molecule is CCC(NC1CCC(C)CC1C)c1ccccc1F. The Morgan fingerprint density at radius 1 is 1.26 bits per heavy atom. The van der Waals surface area contributed by atoms with E-state index >= 15 is 0 Å². The molecule has 1 nitrogen and oxygen atoms in total. The molecular weight excluding hydrogens is 237 g/mol. The zero-order valence-corrected chi connectivity index (χ0v) is 12.3. The van der Waals surface area contributed by atoms with E-state index in [9.17, 15) is 4.39 Å². The van der Waals surface area contributed by atoms with Crippen molar-refractivity contribution in [2.45, 2.75) is 58.5 Å². The van der Waals surface area contributed by atoms with Gasteiger partial charge in [-0.25, -0.2) is 4.39 Å². The third-order valence-corrected chi connectivity index (χ3v) is 4.54. The van der Waals surface area contributed by atoms with Crippen LogP contribution in [0.15, 0.2) is 24.3 Å². The molecule has 1 fully saturated rings. The van der Waals surface area contributed by atoms with Crippen LogP contribution in [0.1, 0.15) is 58.1 Å². The van der Waals surface area contributed by atoms with Crippen LogP contribution in [-0.4, -0.2) is 6.04 Å². The van der Waals surface area contributed by atoms with Gasteiger partial charge in [0.05, 0.1) is 0 Å². The van der Waals surface area contributed by atoms with Crippen LogP contribution in [0.25, 0.3) is 0 Å². The van der Waals surface area contributed by atoms with E-state index in [2.05, 4.69) is 26.1 Å². The van der Waals surface area contributed by atoms with E-state index in [1.807, 2.05) is 12.1 Å². The number of benzene rings is 1. The first-order valence-electron chi connectivity index (χ1n) is 7.62. The summed E-state index contributed by atoms with van der Waals surface area (Å²) >= 11 is 0. The Kier molecular flexibility index (Phi) is 4.98. The summed E-state index contributed by atoms with van der Waals surface area (Å²) < 4.78 is 13.9. The summed E-state index contributed by atoms with van der Waals surface area (Å²) in [5.41, 5.74) is 0.816. The summed E-state index contributed by atoms with van der Waals surface area (Å²) in [6, 6.07) is 7.83. The van der Waals surface area contributed by atoms with Crippen molar-refractivity contribution >= 4 is 0 Å². The van der Waals surface area contributed by atoms with Gasteiger partial charge in [0.2, 0.25) is 0 Å². The molecule has 2 heteroatoms. The molecule has 0 radical (unpaired) electrons. The lowest BCUT2D eigenvalue weighted by Crippen LogP contribution is -2.41. The highest BCUT2D eigenvalue weighted by molar-refractivity contribution is 5.21. The van der Waals surface area contributed by atoms with Crippen LogP contribution < -0.4 is 5.32 Å². The average Bonchev–Trinajstić information content (AvgIpc) is 2.39. The number of hydrogen-bond donors (Lipinski definition) is 1. The second kappa shape index (κ2) is 6.51. The van der Waals surface area contributed by atoms with Gasteiger partial charge in [0.15, 0.2) is 0 Å². The molecule has 0 saturated heterocycles. The van der Waals surface area contributed by atoms with Gasteiger partial charge >= 0.3 is 0 Å². The summed E-state index contributed by atoms with van der Waals surface area (Å²) in [5.74, 6) is 1.44. The van der Waals surface area contributed by atoms with Crippen LogP contribution in [0.5, 0.6) is 0 Å². The van der Waals surface area contributed by atoms with E-state index in [4.69, 9.17) is 0 Å². The van der Waals surface area contributed by atoms with Crippen molar-refractivity contribution in [2.75, 3.05) is 0 Å². The van der Waals surface area contributed by atoms with Gasteiger partial charge in [-0.1, -0.05) is 39.0 Å². The first-order chi connectivity index (χ1) is 9.11. The first-order valence-corrected chi connectivity index (χ1v) is 7.62. The molecule has 4 atom stereocenters. The topological polar surface area (TPSA) is 12.0 Å². The Balaban J connectivity index is 2.05. The summed E-state index contributed by atoms with van der Waals surface area (Å²) in [6.45, 7) is 6.78. The molecule has 1 aliphatic carbocycles. The Morgan fingerprint density at radius 2 is 2.00 bits per heavy atom. The third-order valence-electron chi connectivity index (χ3n) is 4.54. The van der Waals surface area contributed by atoms with Gasteiger partial charge in [-0.05, 0) is 43.6 Å². The maximum Gasteiger partial charge on any atom is 0.127 e. The average molecular weight is 263 g/mol.